The fraction of sp³-hybridized carbons (Fsp3) is 0.333. The molecule has 0 unspecified atom stereocenters. The fourth-order valence-corrected chi connectivity index (χ4v) is 1.31. The van der Waals surface area contributed by atoms with Crippen LogP contribution in [-0.2, 0) is 0 Å². The van der Waals surface area contributed by atoms with E-state index < -0.39 is 0 Å². The van der Waals surface area contributed by atoms with Crippen molar-refractivity contribution in [1.82, 2.24) is 5.32 Å². The molecular formula is C12H16ClN. The number of hydrogen-bond acceptors (Lipinski definition) is 1. The lowest BCUT2D eigenvalue weighted by atomic mass is 10.2. The smallest absolute Gasteiger partial charge is 0.0411 e. The van der Waals surface area contributed by atoms with Gasteiger partial charge in [-0.25, -0.2) is 0 Å². The highest BCUT2D eigenvalue weighted by atomic mass is 35.5. The summed E-state index contributed by atoms with van der Waals surface area (Å²) in [6.07, 6.45) is 4.17. The van der Waals surface area contributed by atoms with Gasteiger partial charge in [0, 0.05) is 17.6 Å². The van der Waals surface area contributed by atoms with Gasteiger partial charge in [-0.1, -0.05) is 49.7 Å². The average Bonchev–Trinajstić information content (AvgIpc) is 2.12. The quantitative estimate of drug-likeness (QED) is 0.802. The molecular weight excluding hydrogens is 194 g/mol. The average molecular weight is 210 g/mol. The van der Waals surface area contributed by atoms with Gasteiger partial charge in [0.2, 0.25) is 0 Å². The summed E-state index contributed by atoms with van der Waals surface area (Å²) in [7, 11) is 0. The molecule has 1 aromatic carbocycles. The second kappa shape index (κ2) is 5.84. The first-order valence-corrected chi connectivity index (χ1v) is 5.22. The summed E-state index contributed by atoms with van der Waals surface area (Å²) in [5.74, 6) is 0. The van der Waals surface area contributed by atoms with Crippen LogP contribution in [0.25, 0.3) is 6.08 Å². The summed E-state index contributed by atoms with van der Waals surface area (Å²) in [4.78, 5) is 0. The first-order valence-electron chi connectivity index (χ1n) is 4.84. The van der Waals surface area contributed by atoms with Crippen LogP contribution in [-0.4, -0.2) is 12.6 Å². The summed E-state index contributed by atoms with van der Waals surface area (Å²) in [5.41, 5.74) is 1.14. The predicted octanol–water partition coefficient (Wildman–Crippen LogP) is 3.35. The SMILES string of the molecule is CC(C)NCC=Cc1cccc(Cl)c1. The maximum atomic E-state index is 5.86. The van der Waals surface area contributed by atoms with Gasteiger partial charge >= 0.3 is 0 Å². The Balaban J connectivity index is 2.44. The molecule has 0 heterocycles. The van der Waals surface area contributed by atoms with Crippen molar-refractivity contribution in [1.29, 1.82) is 0 Å². The normalized spacial score (nSPS) is 11.4. The monoisotopic (exact) mass is 209 g/mol. The molecule has 14 heavy (non-hydrogen) atoms. The number of benzene rings is 1. The number of halogens is 1. The molecule has 0 spiro atoms. The lowest BCUT2D eigenvalue weighted by Gasteiger charge is -2.03. The molecule has 1 aromatic rings. The van der Waals surface area contributed by atoms with E-state index in [0.29, 0.717) is 6.04 Å². The van der Waals surface area contributed by atoms with Gasteiger partial charge in [0.05, 0.1) is 0 Å². The zero-order valence-corrected chi connectivity index (χ0v) is 9.38. The van der Waals surface area contributed by atoms with Crippen molar-refractivity contribution < 1.29 is 0 Å². The van der Waals surface area contributed by atoms with Crippen molar-refractivity contribution in [3.63, 3.8) is 0 Å². The van der Waals surface area contributed by atoms with Crippen molar-refractivity contribution in [2.24, 2.45) is 0 Å². The van der Waals surface area contributed by atoms with E-state index in [1.165, 1.54) is 0 Å². The zero-order valence-electron chi connectivity index (χ0n) is 8.63. The molecule has 0 bridgehead atoms. The largest absolute Gasteiger partial charge is 0.311 e. The van der Waals surface area contributed by atoms with E-state index in [1.807, 2.05) is 24.3 Å². The highest BCUT2D eigenvalue weighted by Crippen LogP contribution is 2.11. The van der Waals surface area contributed by atoms with Crippen LogP contribution in [0.4, 0.5) is 0 Å². The van der Waals surface area contributed by atoms with E-state index in [-0.39, 0.29) is 0 Å². The second-order valence-corrected chi connectivity index (χ2v) is 3.96. The lowest BCUT2D eigenvalue weighted by Crippen LogP contribution is -2.22. The molecule has 0 saturated heterocycles. The van der Waals surface area contributed by atoms with Crippen LogP contribution in [0.5, 0.6) is 0 Å². The van der Waals surface area contributed by atoms with Gasteiger partial charge in [-0.2, -0.15) is 0 Å². The zero-order chi connectivity index (χ0) is 10.4. The molecule has 0 fully saturated rings. The van der Waals surface area contributed by atoms with Crippen LogP contribution in [0, 0.1) is 0 Å². The Morgan fingerprint density at radius 1 is 1.43 bits per heavy atom. The first kappa shape index (κ1) is 11.3. The Morgan fingerprint density at radius 2 is 2.21 bits per heavy atom. The summed E-state index contributed by atoms with van der Waals surface area (Å²) < 4.78 is 0. The van der Waals surface area contributed by atoms with E-state index in [0.717, 1.165) is 17.1 Å². The summed E-state index contributed by atoms with van der Waals surface area (Å²) >= 11 is 5.86. The Kier molecular flexibility index (Phi) is 4.71. The molecule has 0 aliphatic heterocycles. The molecule has 0 aliphatic carbocycles. The number of hydrogen-bond donors (Lipinski definition) is 1. The van der Waals surface area contributed by atoms with Crippen molar-refractivity contribution in [2.75, 3.05) is 6.54 Å². The molecule has 1 nitrogen and oxygen atoms in total. The Morgan fingerprint density at radius 3 is 2.86 bits per heavy atom. The van der Waals surface area contributed by atoms with Gasteiger partial charge < -0.3 is 5.32 Å². The lowest BCUT2D eigenvalue weighted by molar-refractivity contribution is 0.633. The highest BCUT2D eigenvalue weighted by Gasteiger charge is 1.89. The van der Waals surface area contributed by atoms with Crippen molar-refractivity contribution in [3.05, 3.63) is 40.9 Å². The maximum absolute atomic E-state index is 5.86. The molecule has 0 saturated carbocycles. The molecule has 0 amide bonds. The molecule has 0 radical (unpaired) electrons. The molecule has 76 valence electrons. The topological polar surface area (TPSA) is 12.0 Å². The van der Waals surface area contributed by atoms with Gasteiger partial charge in [0.25, 0.3) is 0 Å². The van der Waals surface area contributed by atoms with Crippen LogP contribution in [0.1, 0.15) is 19.4 Å². The molecule has 1 rings (SSSR count). The van der Waals surface area contributed by atoms with Gasteiger partial charge in [-0.15, -0.1) is 0 Å². The Bertz CT molecular complexity index is 305. The molecule has 0 atom stereocenters. The van der Waals surface area contributed by atoms with Crippen molar-refractivity contribution >= 4 is 17.7 Å². The van der Waals surface area contributed by atoms with Crippen LogP contribution in [0.15, 0.2) is 30.3 Å². The second-order valence-electron chi connectivity index (χ2n) is 3.52. The van der Waals surface area contributed by atoms with Gasteiger partial charge in [-0.3, -0.25) is 0 Å². The van der Waals surface area contributed by atoms with Crippen LogP contribution in [0.3, 0.4) is 0 Å². The van der Waals surface area contributed by atoms with Crippen LogP contribution in [0.2, 0.25) is 5.02 Å². The first-order chi connectivity index (χ1) is 6.68. The Labute approximate surface area is 90.8 Å². The summed E-state index contributed by atoms with van der Waals surface area (Å²) in [5, 5.41) is 4.09. The van der Waals surface area contributed by atoms with Crippen molar-refractivity contribution in [3.8, 4) is 0 Å². The van der Waals surface area contributed by atoms with Gasteiger partial charge in [-0.05, 0) is 17.7 Å². The van der Waals surface area contributed by atoms with Crippen LogP contribution >= 0.6 is 11.6 Å². The third-order valence-electron chi connectivity index (χ3n) is 1.80. The third kappa shape index (κ3) is 4.45. The molecule has 1 N–H and O–H groups in total. The minimum absolute atomic E-state index is 0.527. The fourth-order valence-electron chi connectivity index (χ4n) is 1.11. The standard InChI is InChI=1S/C12H16ClN/c1-10(2)14-8-4-6-11-5-3-7-12(13)9-11/h3-7,9-10,14H,8H2,1-2H3. The minimum atomic E-state index is 0.527. The van der Waals surface area contributed by atoms with Crippen molar-refractivity contribution in [2.45, 2.75) is 19.9 Å². The number of rotatable bonds is 4. The van der Waals surface area contributed by atoms with Gasteiger partial charge in [0.15, 0.2) is 0 Å². The highest BCUT2D eigenvalue weighted by molar-refractivity contribution is 6.30. The third-order valence-corrected chi connectivity index (χ3v) is 2.04. The molecule has 0 aromatic heterocycles. The van der Waals surface area contributed by atoms with E-state index in [9.17, 15) is 0 Å². The predicted molar refractivity (Wildman–Crippen MR) is 63.6 cm³/mol. The maximum Gasteiger partial charge on any atom is 0.0411 e. The van der Waals surface area contributed by atoms with E-state index in [2.05, 4.69) is 31.3 Å². The summed E-state index contributed by atoms with van der Waals surface area (Å²) in [6, 6.07) is 8.35. The van der Waals surface area contributed by atoms with E-state index >= 15 is 0 Å². The molecule has 0 aliphatic rings. The summed E-state index contributed by atoms with van der Waals surface area (Å²) in [6.45, 7) is 5.16. The van der Waals surface area contributed by atoms with Crippen LogP contribution < -0.4 is 5.32 Å². The number of nitrogens with one attached hydrogen (secondary N) is 1. The van der Waals surface area contributed by atoms with E-state index in [4.69, 9.17) is 11.6 Å². The minimum Gasteiger partial charge on any atom is -0.311 e. The van der Waals surface area contributed by atoms with Gasteiger partial charge in [0.1, 0.15) is 0 Å². The van der Waals surface area contributed by atoms with E-state index in [1.54, 1.807) is 0 Å². The Hall–Kier alpha value is -0.790. The molecule has 2 heteroatoms.